The first-order valence-corrected chi connectivity index (χ1v) is 12.0. The van der Waals surface area contributed by atoms with Gasteiger partial charge in [0, 0.05) is 38.2 Å². The average Bonchev–Trinajstić information content (AvgIpc) is 3.59. The minimum absolute atomic E-state index is 0.0746. The summed E-state index contributed by atoms with van der Waals surface area (Å²) >= 11 is 0. The third kappa shape index (κ3) is 11.2. The molecule has 1 unspecified atom stereocenters. The number of alkyl halides is 6. The Labute approximate surface area is 215 Å². The van der Waals surface area contributed by atoms with Crippen LogP contribution in [0, 0.1) is 0 Å². The first-order valence-electron chi connectivity index (χ1n) is 12.0. The predicted molar refractivity (Wildman–Crippen MR) is 119 cm³/mol. The minimum Gasteiger partial charge on any atom is -0.475 e. The van der Waals surface area contributed by atoms with E-state index in [2.05, 4.69) is 15.9 Å². The lowest BCUT2D eigenvalue weighted by Gasteiger charge is -2.38. The van der Waals surface area contributed by atoms with Crippen molar-refractivity contribution in [3.05, 3.63) is 24.2 Å². The Bertz CT molecular complexity index is 825. The maximum absolute atomic E-state index is 10.6. The summed E-state index contributed by atoms with van der Waals surface area (Å²) in [5, 5.41) is 14.2. The molecule has 3 aliphatic heterocycles. The van der Waals surface area contributed by atoms with Gasteiger partial charge >= 0.3 is 24.3 Å². The van der Waals surface area contributed by atoms with Gasteiger partial charge in [0.05, 0.1) is 37.4 Å². The zero-order valence-corrected chi connectivity index (χ0v) is 20.6. The first kappa shape index (κ1) is 31.9. The van der Waals surface area contributed by atoms with Crippen molar-refractivity contribution in [2.24, 2.45) is 0 Å². The Hall–Kier alpha value is -2.36. The number of hydrogen-bond donors (Lipinski definition) is 2. The number of rotatable bonds is 6. The Morgan fingerprint density at radius 2 is 1.53 bits per heavy atom. The normalized spacial score (nSPS) is 21.9. The second-order valence-corrected chi connectivity index (χ2v) is 9.25. The molecule has 3 aliphatic rings. The highest BCUT2D eigenvalue weighted by atomic mass is 19.4. The van der Waals surface area contributed by atoms with Crippen molar-refractivity contribution in [2.75, 3.05) is 45.9 Å². The molecule has 0 bridgehead atoms. The molecule has 0 radical (unpaired) electrons. The maximum Gasteiger partial charge on any atom is 0.490 e. The lowest BCUT2D eigenvalue weighted by Crippen LogP contribution is -2.43. The van der Waals surface area contributed by atoms with Crippen molar-refractivity contribution in [1.29, 1.82) is 0 Å². The molecule has 0 aromatic carbocycles. The summed E-state index contributed by atoms with van der Waals surface area (Å²) < 4.78 is 81.0. The van der Waals surface area contributed by atoms with Gasteiger partial charge < -0.3 is 29.0 Å². The molecule has 1 spiro atoms. The van der Waals surface area contributed by atoms with Crippen LogP contribution in [-0.4, -0.2) is 102 Å². The van der Waals surface area contributed by atoms with Gasteiger partial charge in [-0.25, -0.2) is 9.59 Å². The van der Waals surface area contributed by atoms with Crippen molar-refractivity contribution in [3.8, 4) is 0 Å². The number of ether oxygens (including phenoxy) is 2. The first-order chi connectivity index (χ1) is 17.7. The molecule has 4 rings (SSSR count). The molecule has 0 saturated carbocycles. The minimum atomic E-state index is -5.08. The SMILES string of the molecule is O=C(O)C(F)(F)F.O=C(O)C(F)(F)F.c1cc(CN2CCC3(CC2)CC(OCCN2CCCC2)CO3)co1. The van der Waals surface area contributed by atoms with Crippen molar-refractivity contribution in [3.63, 3.8) is 0 Å². The van der Waals surface area contributed by atoms with Gasteiger partial charge in [-0.1, -0.05) is 0 Å². The van der Waals surface area contributed by atoms with Gasteiger partial charge in [-0.2, -0.15) is 26.3 Å². The molecule has 0 amide bonds. The predicted octanol–water partition coefficient (Wildman–Crippen LogP) is 3.78. The van der Waals surface area contributed by atoms with Crippen LogP contribution in [0.15, 0.2) is 23.0 Å². The standard InChI is InChI=1S/C19H30N2O3.2C2HF3O2/c1-2-7-20(6-1)10-12-23-18-13-19(24-16-18)4-8-21(9-5-19)14-17-3-11-22-15-17;2*3-2(4,5)1(6)7/h3,11,15,18H,1-2,4-10,12-14,16H2;2*(H,6,7). The smallest absolute Gasteiger partial charge is 0.475 e. The van der Waals surface area contributed by atoms with E-state index in [1.165, 1.54) is 31.5 Å². The van der Waals surface area contributed by atoms with E-state index in [1.54, 1.807) is 6.26 Å². The summed E-state index contributed by atoms with van der Waals surface area (Å²) in [5.74, 6) is -5.51. The number of hydrogen-bond acceptors (Lipinski definition) is 7. The van der Waals surface area contributed by atoms with E-state index in [1.807, 2.05) is 6.26 Å². The third-order valence-electron chi connectivity index (χ3n) is 6.37. The molecule has 3 saturated heterocycles. The largest absolute Gasteiger partial charge is 0.490 e. The van der Waals surface area contributed by atoms with Crippen LogP contribution in [0.5, 0.6) is 0 Å². The zero-order chi connectivity index (χ0) is 28.4. The monoisotopic (exact) mass is 562 g/mol. The summed E-state index contributed by atoms with van der Waals surface area (Å²) in [6, 6.07) is 2.06. The van der Waals surface area contributed by atoms with E-state index in [4.69, 9.17) is 33.7 Å². The number of piperidine rings is 1. The number of furan rings is 1. The summed E-state index contributed by atoms with van der Waals surface area (Å²) in [6.45, 7) is 8.42. The Balaban J connectivity index is 0.000000301. The van der Waals surface area contributed by atoms with E-state index >= 15 is 0 Å². The Morgan fingerprint density at radius 1 is 0.974 bits per heavy atom. The highest BCUT2D eigenvalue weighted by Gasteiger charge is 2.43. The molecule has 38 heavy (non-hydrogen) atoms. The average molecular weight is 563 g/mol. The molecular formula is C23H32F6N2O7. The molecule has 9 nitrogen and oxygen atoms in total. The summed E-state index contributed by atoms with van der Waals surface area (Å²) in [7, 11) is 0. The molecular weight excluding hydrogens is 530 g/mol. The number of carbonyl (C=O) groups is 2. The lowest BCUT2D eigenvalue weighted by molar-refractivity contribution is -0.193. The highest BCUT2D eigenvalue weighted by Crippen LogP contribution is 2.37. The van der Waals surface area contributed by atoms with Crippen LogP contribution in [0.25, 0.3) is 0 Å². The van der Waals surface area contributed by atoms with Crippen LogP contribution in [0.4, 0.5) is 26.3 Å². The topological polar surface area (TPSA) is 113 Å². The highest BCUT2D eigenvalue weighted by molar-refractivity contribution is 5.73. The van der Waals surface area contributed by atoms with E-state index in [9.17, 15) is 26.3 Å². The molecule has 4 heterocycles. The van der Waals surface area contributed by atoms with Gasteiger partial charge in [0.15, 0.2) is 0 Å². The molecule has 1 atom stereocenters. The number of aliphatic carboxylic acids is 2. The fraction of sp³-hybridized carbons (Fsp3) is 0.739. The number of carboxylic acid groups (broad SMARTS) is 2. The van der Waals surface area contributed by atoms with Gasteiger partial charge in [-0.05, 0) is 44.8 Å². The zero-order valence-electron chi connectivity index (χ0n) is 20.6. The quantitative estimate of drug-likeness (QED) is 0.501. The second kappa shape index (κ2) is 14.1. The number of nitrogens with zero attached hydrogens (tertiary/aromatic N) is 2. The van der Waals surface area contributed by atoms with Crippen LogP contribution >= 0.6 is 0 Å². The molecule has 218 valence electrons. The number of halogens is 6. The number of likely N-dealkylation sites (tertiary alicyclic amines) is 2. The maximum atomic E-state index is 10.6. The van der Waals surface area contributed by atoms with Gasteiger partial charge in [0.25, 0.3) is 0 Å². The van der Waals surface area contributed by atoms with Gasteiger partial charge in [0.1, 0.15) is 0 Å². The van der Waals surface area contributed by atoms with Gasteiger partial charge in [0.2, 0.25) is 0 Å². The summed E-state index contributed by atoms with van der Waals surface area (Å²) in [5.41, 5.74) is 1.34. The lowest BCUT2D eigenvalue weighted by atomic mass is 9.88. The molecule has 0 aliphatic carbocycles. The van der Waals surface area contributed by atoms with Crippen LogP contribution in [-0.2, 0) is 25.6 Å². The van der Waals surface area contributed by atoms with Crippen molar-refractivity contribution < 1.29 is 60.0 Å². The van der Waals surface area contributed by atoms with E-state index < -0.39 is 24.3 Å². The van der Waals surface area contributed by atoms with Gasteiger partial charge in [-0.3, -0.25) is 4.90 Å². The molecule has 2 N–H and O–H groups in total. The van der Waals surface area contributed by atoms with Crippen LogP contribution in [0.3, 0.4) is 0 Å². The molecule has 1 aromatic heterocycles. The van der Waals surface area contributed by atoms with Crippen molar-refractivity contribution in [1.82, 2.24) is 9.80 Å². The molecule has 15 heteroatoms. The van der Waals surface area contributed by atoms with Crippen LogP contribution in [0.1, 0.15) is 37.7 Å². The molecule has 3 fully saturated rings. The van der Waals surface area contributed by atoms with Crippen LogP contribution < -0.4 is 0 Å². The van der Waals surface area contributed by atoms with Crippen LogP contribution in [0.2, 0.25) is 0 Å². The summed E-state index contributed by atoms with van der Waals surface area (Å²) in [4.78, 5) is 22.8. The van der Waals surface area contributed by atoms with E-state index in [0.717, 1.165) is 58.7 Å². The summed E-state index contributed by atoms with van der Waals surface area (Å²) in [6.07, 6.45) is -0.241. The Morgan fingerprint density at radius 3 is 2.00 bits per heavy atom. The molecule has 1 aromatic rings. The Kier molecular flexibility index (Phi) is 11.9. The third-order valence-corrected chi connectivity index (χ3v) is 6.37. The van der Waals surface area contributed by atoms with E-state index in [-0.39, 0.29) is 5.60 Å². The van der Waals surface area contributed by atoms with Crippen molar-refractivity contribution >= 4 is 11.9 Å². The second-order valence-electron chi connectivity index (χ2n) is 9.25. The van der Waals surface area contributed by atoms with Gasteiger partial charge in [-0.15, -0.1) is 0 Å². The fourth-order valence-corrected chi connectivity index (χ4v) is 4.37. The number of carboxylic acids is 2. The van der Waals surface area contributed by atoms with Crippen molar-refractivity contribution in [2.45, 2.75) is 62.7 Å². The fourth-order valence-electron chi connectivity index (χ4n) is 4.37. The van der Waals surface area contributed by atoms with E-state index in [0.29, 0.717) is 6.10 Å².